The molecule has 0 heterocycles. The first-order valence-corrected chi connectivity index (χ1v) is 6.00. The maximum absolute atomic E-state index is 13.7. The second kappa shape index (κ2) is 6.96. The number of benzene rings is 1. The van der Waals surface area contributed by atoms with Crippen LogP contribution in [0.4, 0.5) is 4.39 Å². The lowest BCUT2D eigenvalue weighted by Gasteiger charge is -2.16. The summed E-state index contributed by atoms with van der Waals surface area (Å²) in [7, 11) is 0. The van der Waals surface area contributed by atoms with Gasteiger partial charge < -0.3 is 15.8 Å². The Morgan fingerprint density at radius 3 is 2.89 bits per heavy atom. The largest absolute Gasteiger partial charge is 0.477 e. The third kappa shape index (κ3) is 4.00. The summed E-state index contributed by atoms with van der Waals surface area (Å²) in [4.78, 5) is 10.9. The van der Waals surface area contributed by atoms with Crippen LogP contribution >= 0.6 is 0 Å². The summed E-state index contributed by atoms with van der Waals surface area (Å²) in [5.74, 6) is -1.02. The van der Waals surface area contributed by atoms with Crippen LogP contribution in [0, 0.1) is 5.82 Å². The Hall–Kier alpha value is -1.62. The van der Waals surface area contributed by atoms with E-state index in [1.807, 2.05) is 6.92 Å². The molecule has 0 bridgehead atoms. The van der Waals surface area contributed by atoms with Crippen molar-refractivity contribution in [2.24, 2.45) is 5.73 Å². The zero-order valence-corrected chi connectivity index (χ0v) is 10.7. The van der Waals surface area contributed by atoms with Crippen LogP contribution in [0.3, 0.4) is 0 Å². The van der Waals surface area contributed by atoms with Gasteiger partial charge in [-0.1, -0.05) is 19.1 Å². The third-order valence-corrected chi connectivity index (χ3v) is 2.49. The number of carbonyl (C=O) groups excluding carboxylic acids is 1. The van der Waals surface area contributed by atoms with Crippen LogP contribution in [0.25, 0.3) is 0 Å². The first-order chi connectivity index (χ1) is 8.56. The first-order valence-electron chi connectivity index (χ1n) is 6.00. The van der Waals surface area contributed by atoms with Gasteiger partial charge in [-0.25, -0.2) is 4.39 Å². The molecule has 0 aliphatic heterocycles. The quantitative estimate of drug-likeness (QED) is 0.726. The number of para-hydroxylation sites is 1. The Labute approximate surface area is 106 Å². The van der Waals surface area contributed by atoms with E-state index < -0.39 is 17.8 Å². The highest BCUT2D eigenvalue weighted by Gasteiger charge is 2.16. The van der Waals surface area contributed by atoms with Crippen molar-refractivity contribution in [2.75, 3.05) is 6.54 Å². The van der Waals surface area contributed by atoms with E-state index in [4.69, 9.17) is 10.5 Å². The van der Waals surface area contributed by atoms with Crippen molar-refractivity contribution in [3.8, 4) is 5.75 Å². The SMILES string of the molecule is CCCNCc1cccc(F)c1OC(C)C(N)=O. The number of nitrogens with one attached hydrogen (secondary N) is 1. The first kappa shape index (κ1) is 14.4. The minimum absolute atomic E-state index is 0.0902. The number of amides is 1. The average molecular weight is 254 g/mol. The number of halogens is 1. The highest BCUT2D eigenvalue weighted by molar-refractivity contribution is 5.78. The number of ether oxygens (including phenoxy) is 1. The van der Waals surface area contributed by atoms with Gasteiger partial charge in [0.2, 0.25) is 0 Å². The monoisotopic (exact) mass is 254 g/mol. The Morgan fingerprint density at radius 1 is 1.56 bits per heavy atom. The van der Waals surface area contributed by atoms with E-state index in [-0.39, 0.29) is 5.75 Å². The fraction of sp³-hybridized carbons (Fsp3) is 0.462. The topological polar surface area (TPSA) is 64.3 Å². The van der Waals surface area contributed by atoms with Crippen LogP contribution < -0.4 is 15.8 Å². The third-order valence-electron chi connectivity index (χ3n) is 2.49. The van der Waals surface area contributed by atoms with Crippen LogP contribution in [0.5, 0.6) is 5.75 Å². The zero-order valence-electron chi connectivity index (χ0n) is 10.7. The molecule has 1 amide bonds. The van der Waals surface area contributed by atoms with Crippen molar-refractivity contribution < 1.29 is 13.9 Å². The van der Waals surface area contributed by atoms with Gasteiger partial charge in [-0.05, 0) is 26.0 Å². The number of hydrogen-bond acceptors (Lipinski definition) is 3. The van der Waals surface area contributed by atoms with Crippen LogP contribution in [-0.4, -0.2) is 18.6 Å². The molecule has 0 fully saturated rings. The van der Waals surface area contributed by atoms with Crippen LogP contribution in [-0.2, 0) is 11.3 Å². The van der Waals surface area contributed by atoms with Gasteiger partial charge in [-0.2, -0.15) is 0 Å². The predicted molar refractivity (Wildman–Crippen MR) is 67.7 cm³/mol. The number of rotatable bonds is 7. The molecule has 100 valence electrons. The van der Waals surface area contributed by atoms with Crippen molar-refractivity contribution in [2.45, 2.75) is 32.9 Å². The lowest BCUT2D eigenvalue weighted by Crippen LogP contribution is -2.31. The average Bonchev–Trinajstić information content (AvgIpc) is 2.33. The van der Waals surface area contributed by atoms with Crippen molar-refractivity contribution in [3.63, 3.8) is 0 Å². The molecule has 0 aliphatic rings. The van der Waals surface area contributed by atoms with E-state index in [0.717, 1.165) is 13.0 Å². The molecular formula is C13H19FN2O2. The number of carbonyl (C=O) groups is 1. The van der Waals surface area contributed by atoms with E-state index in [0.29, 0.717) is 12.1 Å². The molecule has 4 nitrogen and oxygen atoms in total. The predicted octanol–water partition coefficient (Wildman–Crippen LogP) is 1.58. The Balaban J connectivity index is 2.83. The minimum atomic E-state index is -0.855. The molecule has 0 aromatic heterocycles. The normalized spacial score (nSPS) is 12.2. The lowest BCUT2D eigenvalue weighted by molar-refractivity contribution is -0.124. The van der Waals surface area contributed by atoms with Gasteiger partial charge in [0, 0.05) is 12.1 Å². The summed E-state index contributed by atoms with van der Waals surface area (Å²) in [6.07, 6.45) is 0.134. The van der Waals surface area contributed by atoms with Gasteiger partial charge >= 0.3 is 0 Å². The van der Waals surface area contributed by atoms with Crippen molar-refractivity contribution in [1.29, 1.82) is 0 Å². The lowest BCUT2D eigenvalue weighted by atomic mass is 10.2. The van der Waals surface area contributed by atoms with Gasteiger partial charge in [0.25, 0.3) is 5.91 Å². The molecule has 1 atom stereocenters. The second-order valence-electron chi connectivity index (χ2n) is 4.07. The highest BCUT2D eigenvalue weighted by atomic mass is 19.1. The van der Waals surface area contributed by atoms with Crippen LogP contribution in [0.15, 0.2) is 18.2 Å². The van der Waals surface area contributed by atoms with E-state index in [2.05, 4.69) is 5.32 Å². The van der Waals surface area contributed by atoms with E-state index in [1.165, 1.54) is 13.0 Å². The second-order valence-corrected chi connectivity index (χ2v) is 4.07. The van der Waals surface area contributed by atoms with E-state index >= 15 is 0 Å². The van der Waals surface area contributed by atoms with Gasteiger partial charge in [-0.3, -0.25) is 4.79 Å². The van der Waals surface area contributed by atoms with Crippen molar-refractivity contribution >= 4 is 5.91 Å². The molecule has 0 spiro atoms. The fourth-order valence-corrected chi connectivity index (χ4v) is 1.46. The molecule has 0 aliphatic carbocycles. The molecule has 1 aromatic rings. The van der Waals surface area contributed by atoms with Crippen LogP contribution in [0.2, 0.25) is 0 Å². The summed E-state index contributed by atoms with van der Waals surface area (Å²) in [6.45, 7) is 4.87. The van der Waals surface area contributed by atoms with Crippen molar-refractivity contribution in [3.05, 3.63) is 29.6 Å². The molecule has 18 heavy (non-hydrogen) atoms. The molecule has 1 unspecified atom stereocenters. The zero-order chi connectivity index (χ0) is 13.5. The Kier molecular flexibility index (Phi) is 5.58. The summed E-state index contributed by atoms with van der Waals surface area (Å²) in [5.41, 5.74) is 5.78. The van der Waals surface area contributed by atoms with Gasteiger partial charge in [-0.15, -0.1) is 0 Å². The van der Waals surface area contributed by atoms with Gasteiger partial charge in [0.15, 0.2) is 17.7 Å². The molecule has 3 N–H and O–H groups in total. The number of hydrogen-bond donors (Lipinski definition) is 2. The standard InChI is InChI=1S/C13H19FN2O2/c1-3-7-16-8-10-5-4-6-11(14)12(10)18-9(2)13(15)17/h4-6,9,16H,3,7-8H2,1-2H3,(H2,15,17). The molecule has 0 radical (unpaired) electrons. The number of primary amides is 1. The Bertz CT molecular complexity index is 410. The maximum atomic E-state index is 13.7. The van der Waals surface area contributed by atoms with Gasteiger partial charge in [0.1, 0.15) is 0 Å². The molecule has 1 aromatic carbocycles. The van der Waals surface area contributed by atoms with Crippen LogP contribution in [0.1, 0.15) is 25.8 Å². The summed E-state index contributed by atoms with van der Waals surface area (Å²) < 4.78 is 19.0. The number of nitrogens with two attached hydrogens (primary N) is 1. The molecule has 0 saturated carbocycles. The molecule has 1 rings (SSSR count). The van der Waals surface area contributed by atoms with Crippen molar-refractivity contribution in [1.82, 2.24) is 5.32 Å². The molecule has 5 heteroatoms. The molecular weight excluding hydrogens is 235 g/mol. The van der Waals surface area contributed by atoms with Gasteiger partial charge in [0.05, 0.1) is 0 Å². The summed E-state index contributed by atoms with van der Waals surface area (Å²) in [5, 5.41) is 3.16. The minimum Gasteiger partial charge on any atom is -0.477 e. The summed E-state index contributed by atoms with van der Waals surface area (Å²) in [6, 6.07) is 4.67. The summed E-state index contributed by atoms with van der Waals surface area (Å²) >= 11 is 0. The van der Waals surface area contributed by atoms with E-state index in [1.54, 1.807) is 12.1 Å². The smallest absolute Gasteiger partial charge is 0.258 e. The Morgan fingerprint density at radius 2 is 2.28 bits per heavy atom. The highest BCUT2D eigenvalue weighted by Crippen LogP contribution is 2.23. The van der Waals surface area contributed by atoms with E-state index in [9.17, 15) is 9.18 Å². The maximum Gasteiger partial charge on any atom is 0.258 e. The fourth-order valence-electron chi connectivity index (χ4n) is 1.46. The molecule has 0 saturated heterocycles.